The lowest BCUT2D eigenvalue weighted by atomic mass is 10.1. The normalized spacial score (nSPS) is 11.9. The first-order chi connectivity index (χ1) is 12.2. The Labute approximate surface area is 149 Å². The molecule has 25 heavy (non-hydrogen) atoms. The molecule has 0 fully saturated rings. The smallest absolute Gasteiger partial charge is 0.220 e. The number of carbonyl (C=O) groups is 1. The molecule has 1 amide bonds. The third kappa shape index (κ3) is 7.40. The van der Waals surface area contributed by atoms with Gasteiger partial charge in [-0.3, -0.25) is 4.79 Å². The van der Waals surface area contributed by atoms with Gasteiger partial charge >= 0.3 is 0 Å². The van der Waals surface area contributed by atoms with E-state index in [1.165, 1.54) is 0 Å². The van der Waals surface area contributed by atoms with Gasteiger partial charge in [-0.2, -0.15) is 0 Å². The number of phenols is 1. The van der Waals surface area contributed by atoms with E-state index in [-0.39, 0.29) is 17.7 Å². The van der Waals surface area contributed by atoms with Crippen molar-refractivity contribution in [1.29, 1.82) is 0 Å². The fourth-order valence-corrected chi connectivity index (χ4v) is 2.64. The van der Waals surface area contributed by atoms with Crippen LogP contribution in [-0.4, -0.2) is 30.3 Å². The van der Waals surface area contributed by atoms with E-state index in [1.54, 1.807) is 12.1 Å². The summed E-state index contributed by atoms with van der Waals surface area (Å²) in [4.78, 5) is 12.3. The Bertz CT molecular complexity index is 625. The Morgan fingerprint density at radius 1 is 1.08 bits per heavy atom. The predicted molar refractivity (Wildman–Crippen MR) is 99.6 cm³/mol. The zero-order chi connectivity index (χ0) is 17.9. The zero-order valence-electron chi connectivity index (χ0n) is 14.8. The standard InChI is InChI=1S/C21H27NO3/c1-2-14-25-16-19(15-18-8-11-20(23)12-9-18)22-21(24)13-10-17-6-4-3-5-7-17/h3-9,11-12,19,23H,2,10,13-16H2,1H3,(H,22,24)/t19-/m0/s1. The quantitative estimate of drug-likeness (QED) is 0.651. The summed E-state index contributed by atoms with van der Waals surface area (Å²) in [7, 11) is 0. The van der Waals surface area contributed by atoms with Gasteiger partial charge in [0.2, 0.25) is 5.91 Å². The zero-order valence-corrected chi connectivity index (χ0v) is 14.8. The van der Waals surface area contributed by atoms with Gasteiger partial charge in [0, 0.05) is 13.0 Å². The molecule has 0 spiro atoms. The lowest BCUT2D eigenvalue weighted by Gasteiger charge is -2.19. The maximum absolute atomic E-state index is 12.3. The number of benzene rings is 2. The Hall–Kier alpha value is -2.33. The maximum atomic E-state index is 12.3. The molecule has 0 saturated carbocycles. The van der Waals surface area contributed by atoms with Gasteiger partial charge in [-0.25, -0.2) is 0 Å². The molecule has 134 valence electrons. The first-order valence-corrected chi connectivity index (χ1v) is 8.86. The van der Waals surface area contributed by atoms with E-state index >= 15 is 0 Å². The molecular weight excluding hydrogens is 314 g/mol. The van der Waals surface area contributed by atoms with Crippen LogP contribution in [0.5, 0.6) is 5.75 Å². The van der Waals surface area contributed by atoms with Gasteiger partial charge in [0.15, 0.2) is 0 Å². The van der Waals surface area contributed by atoms with Crippen LogP contribution in [0, 0.1) is 0 Å². The molecule has 2 aromatic carbocycles. The Kier molecular flexibility index (Phi) is 7.99. The highest BCUT2D eigenvalue weighted by atomic mass is 16.5. The summed E-state index contributed by atoms with van der Waals surface area (Å²) in [5, 5.41) is 12.5. The van der Waals surface area contributed by atoms with E-state index in [2.05, 4.69) is 12.2 Å². The summed E-state index contributed by atoms with van der Waals surface area (Å²) in [6.07, 6.45) is 2.83. The van der Waals surface area contributed by atoms with Crippen molar-refractivity contribution in [3.63, 3.8) is 0 Å². The number of hydrogen-bond donors (Lipinski definition) is 2. The number of nitrogens with one attached hydrogen (secondary N) is 1. The van der Waals surface area contributed by atoms with Gasteiger partial charge in [-0.05, 0) is 42.5 Å². The number of aromatic hydroxyl groups is 1. The lowest BCUT2D eigenvalue weighted by Crippen LogP contribution is -2.40. The summed E-state index contributed by atoms with van der Waals surface area (Å²) in [6.45, 7) is 3.24. The highest BCUT2D eigenvalue weighted by Gasteiger charge is 2.13. The average Bonchev–Trinajstić information content (AvgIpc) is 2.63. The van der Waals surface area contributed by atoms with Crippen LogP contribution in [0.1, 0.15) is 30.9 Å². The molecule has 0 aromatic heterocycles. The minimum atomic E-state index is -0.0700. The number of carbonyl (C=O) groups excluding carboxylic acids is 1. The fraction of sp³-hybridized carbons (Fsp3) is 0.381. The van der Waals surface area contributed by atoms with Crippen LogP contribution >= 0.6 is 0 Å². The molecule has 2 aromatic rings. The lowest BCUT2D eigenvalue weighted by molar-refractivity contribution is -0.122. The topological polar surface area (TPSA) is 58.6 Å². The van der Waals surface area contributed by atoms with Crippen LogP contribution in [0.4, 0.5) is 0 Å². The Morgan fingerprint density at radius 2 is 1.80 bits per heavy atom. The summed E-state index contributed by atoms with van der Waals surface area (Å²) in [5.74, 6) is 0.280. The van der Waals surface area contributed by atoms with Crippen molar-refractivity contribution in [3.8, 4) is 5.75 Å². The van der Waals surface area contributed by atoms with Crippen LogP contribution < -0.4 is 5.32 Å². The number of aryl methyl sites for hydroxylation is 1. The largest absolute Gasteiger partial charge is 0.508 e. The van der Waals surface area contributed by atoms with Gasteiger partial charge in [-0.1, -0.05) is 49.4 Å². The Morgan fingerprint density at radius 3 is 2.48 bits per heavy atom. The second kappa shape index (κ2) is 10.5. The minimum Gasteiger partial charge on any atom is -0.508 e. The molecular formula is C21H27NO3. The van der Waals surface area contributed by atoms with E-state index in [9.17, 15) is 9.90 Å². The number of rotatable bonds is 10. The molecule has 4 heteroatoms. The predicted octanol–water partition coefficient (Wildman–Crippen LogP) is 3.48. The van der Waals surface area contributed by atoms with Gasteiger partial charge in [0.25, 0.3) is 0 Å². The molecule has 0 radical (unpaired) electrons. The van der Waals surface area contributed by atoms with Crippen molar-refractivity contribution in [3.05, 3.63) is 65.7 Å². The van der Waals surface area contributed by atoms with E-state index in [0.717, 1.165) is 24.0 Å². The van der Waals surface area contributed by atoms with E-state index < -0.39 is 0 Å². The van der Waals surface area contributed by atoms with Gasteiger partial charge < -0.3 is 15.2 Å². The average molecular weight is 341 g/mol. The van der Waals surface area contributed by atoms with Crippen molar-refractivity contribution >= 4 is 5.91 Å². The van der Waals surface area contributed by atoms with Crippen LogP contribution in [0.15, 0.2) is 54.6 Å². The number of amides is 1. The summed E-state index contributed by atoms with van der Waals surface area (Å²) in [6, 6.07) is 17.0. The van der Waals surface area contributed by atoms with Crippen molar-refractivity contribution in [1.82, 2.24) is 5.32 Å². The molecule has 0 saturated heterocycles. The minimum absolute atomic E-state index is 0.0349. The van der Waals surface area contributed by atoms with Crippen molar-refractivity contribution in [2.45, 2.75) is 38.6 Å². The molecule has 0 aliphatic heterocycles. The summed E-state index contributed by atoms with van der Waals surface area (Å²) >= 11 is 0. The third-order valence-electron chi connectivity index (χ3n) is 3.93. The summed E-state index contributed by atoms with van der Waals surface area (Å²) in [5.41, 5.74) is 2.22. The second-order valence-electron chi connectivity index (χ2n) is 6.20. The maximum Gasteiger partial charge on any atom is 0.220 e. The van der Waals surface area contributed by atoms with Crippen LogP contribution in [-0.2, 0) is 22.4 Å². The molecule has 0 aliphatic carbocycles. The molecule has 0 heterocycles. The van der Waals surface area contributed by atoms with Crippen LogP contribution in [0.3, 0.4) is 0 Å². The van der Waals surface area contributed by atoms with Crippen LogP contribution in [0.25, 0.3) is 0 Å². The van der Waals surface area contributed by atoms with Gasteiger partial charge in [-0.15, -0.1) is 0 Å². The highest BCUT2D eigenvalue weighted by molar-refractivity contribution is 5.76. The van der Waals surface area contributed by atoms with Crippen molar-refractivity contribution in [2.24, 2.45) is 0 Å². The van der Waals surface area contributed by atoms with E-state index in [1.807, 2.05) is 42.5 Å². The molecule has 0 unspecified atom stereocenters. The Balaban J connectivity index is 1.87. The second-order valence-corrected chi connectivity index (χ2v) is 6.20. The van der Waals surface area contributed by atoms with Crippen molar-refractivity contribution in [2.75, 3.05) is 13.2 Å². The molecule has 2 rings (SSSR count). The number of ether oxygens (including phenoxy) is 1. The molecule has 2 N–H and O–H groups in total. The summed E-state index contributed by atoms with van der Waals surface area (Å²) < 4.78 is 5.64. The third-order valence-corrected chi connectivity index (χ3v) is 3.93. The van der Waals surface area contributed by atoms with E-state index in [0.29, 0.717) is 26.1 Å². The first kappa shape index (κ1) is 19.0. The van der Waals surface area contributed by atoms with Crippen LogP contribution in [0.2, 0.25) is 0 Å². The van der Waals surface area contributed by atoms with E-state index in [4.69, 9.17) is 4.74 Å². The molecule has 4 nitrogen and oxygen atoms in total. The monoisotopic (exact) mass is 341 g/mol. The van der Waals surface area contributed by atoms with Gasteiger partial charge in [0.1, 0.15) is 5.75 Å². The molecule has 0 bridgehead atoms. The number of phenolic OH excluding ortho intramolecular Hbond substituents is 1. The molecule has 1 atom stereocenters. The van der Waals surface area contributed by atoms with Crippen molar-refractivity contribution < 1.29 is 14.6 Å². The SMILES string of the molecule is CCCOC[C@H](Cc1ccc(O)cc1)NC(=O)CCc1ccccc1. The molecule has 0 aliphatic rings. The van der Waals surface area contributed by atoms with Gasteiger partial charge in [0.05, 0.1) is 12.6 Å². The fourth-order valence-electron chi connectivity index (χ4n) is 2.64. The highest BCUT2D eigenvalue weighted by Crippen LogP contribution is 2.12. The number of hydrogen-bond acceptors (Lipinski definition) is 3. The first-order valence-electron chi connectivity index (χ1n) is 8.86.